The minimum absolute atomic E-state index is 0.151. The van der Waals surface area contributed by atoms with Gasteiger partial charge in [0.1, 0.15) is 7.79 Å². The highest BCUT2D eigenvalue weighted by molar-refractivity contribution is 7.66. The van der Waals surface area contributed by atoms with Crippen molar-refractivity contribution in [1.29, 1.82) is 0 Å². The molecule has 3 rings (SSSR count). The Hall–Kier alpha value is -0.750. The van der Waals surface area contributed by atoms with Crippen LogP contribution in [-0.2, 0) is 4.79 Å². The van der Waals surface area contributed by atoms with Gasteiger partial charge < -0.3 is 10.2 Å². The summed E-state index contributed by atoms with van der Waals surface area (Å²) in [5, 5.41) is 7.81. The molecule has 0 aliphatic carbocycles. The summed E-state index contributed by atoms with van der Waals surface area (Å²) in [5.74, 6) is -0.430. The molecule has 3 amide bonds. The molecule has 0 radical (unpaired) electrons. The lowest BCUT2D eigenvalue weighted by atomic mass is 10.1. The molecular formula is C10H17N4O3P. The first-order valence-corrected chi connectivity index (χ1v) is 8.05. The zero-order valence-corrected chi connectivity index (χ0v) is 10.9. The van der Waals surface area contributed by atoms with Crippen LogP contribution in [-0.4, -0.2) is 47.9 Å². The van der Waals surface area contributed by atoms with Gasteiger partial charge in [-0.1, -0.05) is 6.42 Å². The first kappa shape index (κ1) is 12.3. The predicted molar refractivity (Wildman–Crippen MR) is 64.6 cm³/mol. The van der Waals surface area contributed by atoms with Crippen molar-refractivity contribution < 1.29 is 14.5 Å². The van der Waals surface area contributed by atoms with Crippen molar-refractivity contribution in [3.05, 3.63) is 0 Å². The second-order valence-electron chi connectivity index (χ2n) is 5.01. The van der Waals surface area contributed by atoms with Crippen molar-refractivity contribution >= 4 is 19.7 Å². The van der Waals surface area contributed by atoms with Gasteiger partial charge in [0.05, 0.1) is 19.1 Å². The molecule has 3 saturated heterocycles. The Kier molecular flexibility index (Phi) is 3.02. The zero-order chi connectivity index (χ0) is 12.8. The van der Waals surface area contributed by atoms with Crippen LogP contribution in [0.25, 0.3) is 0 Å². The molecular weight excluding hydrogens is 255 g/mol. The number of nitrogens with one attached hydrogen (secondary N) is 3. The zero-order valence-electron chi connectivity index (χ0n) is 10.0. The van der Waals surface area contributed by atoms with Crippen LogP contribution in [0.5, 0.6) is 0 Å². The Bertz CT molecular complexity index is 393. The molecule has 0 spiro atoms. The fourth-order valence-corrected chi connectivity index (χ4v) is 6.08. The minimum atomic E-state index is -2.90. The van der Waals surface area contributed by atoms with Crippen molar-refractivity contribution in [3.63, 3.8) is 0 Å². The van der Waals surface area contributed by atoms with E-state index in [1.807, 2.05) is 4.67 Å². The van der Waals surface area contributed by atoms with Gasteiger partial charge in [-0.2, -0.15) is 9.76 Å². The second kappa shape index (κ2) is 4.42. The fourth-order valence-electron chi connectivity index (χ4n) is 3.00. The Balaban J connectivity index is 1.81. The van der Waals surface area contributed by atoms with Gasteiger partial charge >= 0.3 is 6.03 Å². The normalized spacial score (nSPS) is 41.2. The van der Waals surface area contributed by atoms with Crippen LogP contribution in [0.3, 0.4) is 0 Å². The number of hydrogen-bond donors (Lipinski definition) is 3. The van der Waals surface area contributed by atoms with Crippen LogP contribution < -0.4 is 20.6 Å². The van der Waals surface area contributed by atoms with Gasteiger partial charge in [0.15, 0.2) is 5.66 Å². The molecule has 0 saturated carbocycles. The maximum absolute atomic E-state index is 13.1. The maximum Gasteiger partial charge on any atom is 0.321 e. The lowest BCUT2D eigenvalue weighted by Gasteiger charge is -2.43. The molecule has 8 heteroatoms. The van der Waals surface area contributed by atoms with Gasteiger partial charge in [0, 0.05) is 6.54 Å². The second-order valence-corrected chi connectivity index (χ2v) is 7.71. The van der Waals surface area contributed by atoms with Crippen molar-refractivity contribution in [2.24, 2.45) is 0 Å². The third-order valence-corrected chi connectivity index (χ3v) is 7.14. The molecule has 3 aliphatic heterocycles. The molecule has 7 nitrogen and oxygen atoms in total. The number of rotatable bonds is 1. The lowest BCUT2D eigenvalue weighted by molar-refractivity contribution is -0.186. The fraction of sp³-hybridized carbons (Fsp3) is 0.800. The number of amides is 3. The van der Waals surface area contributed by atoms with Crippen LogP contribution in [0.4, 0.5) is 4.79 Å². The van der Waals surface area contributed by atoms with E-state index < -0.39 is 25.4 Å². The van der Waals surface area contributed by atoms with E-state index in [4.69, 9.17) is 0 Å². The maximum atomic E-state index is 13.1. The first-order valence-electron chi connectivity index (χ1n) is 6.32. The molecule has 3 unspecified atom stereocenters. The average molecular weight is 272 g/mol. The van der Waals surface area contributed by atoms with E-state index in [2.05, 4.69) is 15.7 Å². The summed E-state index contributed by atoms with van der Waals surface area (Å²) in [5.41, 5.74) is -0.668. The summed E-state index contributed by atoms with van der Waals surface area (Å²) in [4.78, 5) is 36.0. The first-order chi connectivity index (χ1) is 8.61. The van der Waals surface area contributed by atoms with Crippen molar-refractivity contribution in [1.82, 2.24) is 20.4 Å². The van der Waals surface area contributed by atoms with E-state index in [1.165, 1.54) is 0 Å². The highest BCUT2D eigenvalue weighted by Crippen LogP contribution is 2.60. The van der Waals surface area contributed by atoms with Crippen molar-refractivity contribution in [2.75, 3.05) is 19.6 Å². The van der Waals surface area contributed by atoms with Crippen molar-refractivity contribution in [2.45, 2.75) is 31.0 Å². The van der Waals surface area contributed by atoms with Crippen molar-refractivity contribution in [3.8, 4) is 0 Å². The molecule has 3 N–H and O–H groups in total. The topological polar surface area (TPSA) is 96.5 Å². The molecule has 3 fully saturated rings. The van der Waals surface area contributed by atoms with E-state index in [0.717, 1.165) is 25.8 Å². The monoisotopic (exact) mass is 272 g/mol. The van der Waals surface area contributed by atoms with Crippen LogP contribution >= 0.6 is 7.79 Å². The van der Waals surface area contributed by atoms with Crippen LogP contribution in [0, 0.1) is 0 Å². The van der Waals surface area contributed by atoms with Gasteiger partial charge in [0.25, 0.3) is 5.91 Å². The molecule has 0 aromatic carbocycles. The molecule has 3 atom stereocenters. The predicted octanol–water partition coefficient (Wildman–Crippen LogP) is -1.22. The number of carbonyl (C=O) groups is 2. The number of fused-ring (bicyclic) bond motifs is 1. The van der Waals surface area contributed by atoms with E-state index >= 15 is 0 Å². The van der Waals surface area contributed by atoms with E-state index in [0.29, 0.717) is 6.54 Å². The SMILES string of the molecule is O=C1NCC([P+]2([O-])NCC3CCCCN32)C(=O)N1. The number of imide groups is 1. The summed E-state index contributed by atoms with van der Waals surface area (Å²) < 4.78 is 1.97. The quantitative estimate of drug-likeness (QED) is 0.520. The molecule has 3 aliphatic rings. The number of urea groups is 1. The van der Waals surface area contributed by atoms with Gasteiger partial charge in [-0.15, -0.1) is 0 Å². The molecule has 18 heavy (non-hydrogen) atoms. The Morgan fingerprint density at radius 2 is 2.11 bits per heavy atom. The van der Waals surface area contributed by atoms with Gasteiger partial charge in [-0.25, -0.2) is 4.79 Å². The largest absolute Gasteiger partial charge is 0.650 e. The number of carbonyl (C=O) groups excluding carboxylic acids is 2. The Morgan fingerprint density at radius 1 is 1.28 bits per heavy atom. The van der Waals surface area contributed by atoms with Gasteiger partial charge in [-0.05, 0) is 12.8 Å². The van der Waals surface area contributed by atoms with E-state index in [-0.39, 0.29) is 12.6 Å². The Morgan fingerprint density at radius 3 is 2.89 bits per heavy atom. The smallest absolute Gasteiger partial charge is 0.321 e. The third kappa shape index (κ3) is 1.82. The van der Waals surface area contributed by atoms with Crippen LogP contribution in [0.2, 0.25) is 0 Å². The Labute approximate surface area is 106 Å². The molecule has 100 valence electrons. The molecule has 0 aromatic heterocycles. The standard InChI is InChI=1S/C10H17N4O3P/c15-9-8(6-11-10(16)13-9)18(17)12-5-7-3-1-2-4-14(7)18/h7-8H,1-6H2,(H,12,17)(H2,11,13,15,16). The van der Waals surface area contributed by atoms with E-state index in [1.54, 1.807) is 0 Å². The lowest BCUT2D eigenvalue weighted by Crippen LogP contribution is -2.59. The number of hydrogen-bond acceptors (Lipinski definition) is 5. The van der Waals surface area contributed by atoms with Crippen LogP contribution in [0.15, 0.2) is 0 Å². The minimum Gasteiger partial charge on any atom is -0.650 e. The molecule has 0 aromatic rings. The summed E-state index contributed by atoms with van der Waals surface area (Å²) in [7, 11) is -2.90. The summed E-state index contributed by atoms with van der Waals surface area (Å²) in [6.07, 6.45) is 3.19. The summed E-state index contributed by atoms with van der Waals surface area (Å²) in [6.45, 7) is 1.60. The van der Waals surface area contributed by atoms with Gasteiger partial charge in [-0.3, -0.25) is 10.1 Å². The number of piperidine rings is 1. The van der Waals surface area contributed by atoms with Gasteiger partial charge in [0.2, 0.25) is 0 Å². The molecule has 0 bridgehead atoms. The highest BCUT2D eigenvalue weighted by Gasteiger charge is 2.55. The van der Waals surface area contributed by atoms with E-state index in [9.17, 15) is 14.5 Å². The van der Waals surface area contributed by atoms with Crippen LogP contribution in [0.1, 0.15) is 19.3 Å². The summed E-state index contributed by atoms with van der Waals surface area (Å²) >= 11 is 0. The molecule has 3 heterocycles. The summed E-state index contributed by atoms with van der Waals surface area (Å²) in [6, 6.07) is -0.229. The third-order valence-electron chi connectivity index (χ3n) is 3.95. The average Bonchev–Trinajstić information content (AvgIpc) is 2.69. The highest BCUT2D eigenvalue weighted by atomic mass is 31.2. The number of nitrogens with zero attached hydrogens (tertiary/aromatic N) is 1.